The van der Waals surface area contributed by atoms with Gasteiger partial charge in [0, 0.05) is 5.56 Å². The fraction of sp³-hybridized carbons (Fsp3) is 0.111. The molecule has 18 heavy (non-hydrogen) atoms. The zero-order chi connectivity index (χ0) is 13.8. The highest BCUT2D eigenvalue weighted by atomic mass is 19.4. The number of carbonyl (C=O) groups is 2. The average molecular weight is 262 g/mol. The van der Waals surface area contributed by atoms with Crippen LogP contribution in [-0.4, -0.2) is 11.9 Å². The average Bonchev–Trinajstić information content (AvgIpc) is 2.28. The van der Waals surface area contributed by atoms with Crippen LogP contribution in [0.3, 0.4) is 0 Å². The Bertz CT molecular complexity index is 461. The Hall–Kier alpha value is -2.13. The van der Waals surface area contributed by atoms with Gasteiger partial charge in [0.05, 0.1) is 5.56 Å². The third-order valence-corrected chi connectivity index (χ3v) is 1.86. The van der Waals surface area contributed by atoms with Crippen LogP contribution in [-0.2, 0) is 6.18 Å². The molecule has 0 saturated heterocycles. The molecule has 5 N–H and O–H groups in total. The maximum atomic E-state index is 12.4. The van der Waals surface area contributed by atoms with Crippen molar-refractivity contribution in [3.8, 4) is 0 Å². The second-order valence-electron chi connectivity index (χ2n) is 3.13. The van der Waals surface area contributed by atoms with Gasteiger partial charge >= 0.3 is 12.2 Å². The van der Waals surface area contributed by atoms with E-state index in [1.165, 1.54) is 0 Å². The van der Waals surface area contributed by atoms with Crippen molar-refractivity contribution in [2.24, 2.45) is 5.84 Å². The molecule has 0 aliphatic heterocycles. The molecular weight excluding hydrogens is 253 g/mol. The van der Waals surface area contributed by atoms with Crippen LogP contribution < -0.4 is 22.1 Å². The lowest BCUT2D eigenvalue weighted by Gasteiger charge is -2.08. The Balaban J connectivity index is 2.84. The number of hydrogen-bond donors (Lipinski definition) is 4. The van der Waals surface area contributed by atoms with Crippen molar-refractivity contribution in [1.29, 1.82) is 0 Å². The molecule has 0 unspecified atom stereocenters. The molecule has 0 bridgehead atoms. The summed E-state index contributed by atoms with van der Waals surface area (Å²) in [5.41, 5.74) is 2.32. The lowest BCUT2D eigenvalue weighted by Crippen LogP contribution is -2.49. The number of hydrazine groups is 2. The third kappa shape index (κ3) is 3.71. The maximum Gasteiger partial charge on any atom is 0.416 e. The van der Waals surface area contributed by atoms with Crippen molar-refractivity contribution in [3.05, 3.63) is 35.4 Å². The van der Waals surface area contributed by atoms with Crippen molar-refractivity contribution in [3.63, 3.8) is 0 Å². The molecule has 0 saturated carbocycles. The minimum atomic E-state index is -4.56. The first-order chi connectivity index (χ1) is 8.34. The van der Waals surface area contributed by atoms with Gasteiger partial charge in [-0.1, -0.05) is 6.07 Å². The maximum absolute atomic E-state index is 12.4. The van der Waals surface area contributed by atoms with Gasteiger partial charge in [-0.15, -0.1) is 0 Å². The molecule has 6 nitrogen and oxygen atoms in total. The monoisotopic (exact) mass is 262 g/mol. The molecule has 3 amide bonds. The van der Waals surface area contributed by atoms with Gasteiger partial charge in [-0.05, 0) is 18.2 Å². The minimum Gasteiger partial charge on any atom is -0.273 e. The summed E-state index contributed by atoms with van der Waals surface area (Å²) in [6.45, 7) is 0. The van der Waals surface area contributed by atoms with Crippen molar-refractivity contribution in [1.82, 2.24) is 16.3 Å². The summed E-state index contributed by atoms with van der Waals surface area (Å²) in [5.74, 6) is 3.77. The van der Waals surface area contributed by atoms with Crippen LogP contribution in [0.5, 0.6) is 0 Å². The van der Waals surface area contributed by atoms with Crippen molar-refractivity contribution in [2.45, 2.75) is 6.18 Å². The fourth-order valence-corrected chi connectivity index (χ4v) is 1.11. The molecule has 0 aromatic heterocycles. The molecule has 0 aliphatic rings. The van der Waals surface area contributed by atoms with E-state index in [-0.39, 0.29) is 5.56 Å². The smallest absolute Gasteiger partial charge is 0.273 e. The van der Waals surface area contributed by atoms with E-state index in [0.717, 1.165) is 18.2 Å². The lowest BCUT2D eigenvalue weighted by atomic mass is 10.1. The molecule has 0 atom stereocenters. The number of carbonyl (C=O) groups excluding carboxylic acids is 2. The molecule has 0 radical (unpaired) electrons. The van der Waals surface area contributed by atoms with Gasteiger partial charge in [0.25, 0.3) is 5.91 Å². The Labute approximate surface area is 99.3 Å². The van der Waals surface area contributed by atoms with E-state index in [4.69, 9.17) is 5.84 Å². The Kier molecular flexibility index (Phi) is 4.23. The van der Waals surface area contributed by atoms with Gasteiger partial charge in [-0.3, -0.25) is 21.4 Å². The van der Waals surface area contributed by atoms with E-state index in [0.29, 0.717) is 6.07 Å². The number of nitrogens with one attached hydrogen (secondary N) is 3. The molecule has 0 aliphatic carbocycles. The number of hydrogen-bond acceptors (Lipinski definition) is 4. The summed E-state index contributed by atoms with van der Waals surface area (Å²) in [6.07, 6.45) is -4.56. The molecule has 1 rings (SSSR count). The first-order valence-electron chi connectivity index (χ1n) is 4.59. The molecule has 98 valence electrons. The molecule has 0 heterocycles. The van der Waals surface area contributed by atoms with Crippen LogP contribution in [0.2, 0.25) is 0 Å². The fourth-order valence-electron chi connectivity index (χ4n) is 1.11. The summed E-state index contributed by atoms with van der Waals surface area (Å²) in [6, 6.07) is 2.68. The molecule has 1 aromatic rings. The second kappa shape index (κ2) is 5.47. The van der Waals surface area contributed by atoms with E-state index in [2.05, 4.69) is 0 Å². The molecule has 0 fully saturated rings. The van der Waals surface area contributed by atoms with Gasteiger partial charge in [0.2, 0.25) is 0 Å². The normalized spacial score (nSPS) is 10.9. The van der Waals surface area contributed by atoms with Crippen LogP contribution in [0.1, 0.15) is 15.9 Å². The summed E-state index contributed by atoms with van der Waals surface area (Å²) >= 11 is 0. The number of rotatable bonds is 2. The number of imide groups is 1. The summed E-state index contributed by atoms with van der Waals surface area (Å²) < 4.78 is 37.1. The SMILES string of the molecule is NNNC(=O)NC(=O)c1cccc(C(F)(F)F)c1. The predicted molar refractivity (Wildman–Crippen MR) is 54.8 cm³/mol. The summed E-state index contributed by atoms with van der Waals surface area (Å²) in [7, 11) is 0. The lowest BCUT2D eigenvalue weighted by molar-refractivity contribution is -0.137. The van der Waals surface area contributed by atoms with Crippen LogP contribution in [0.25, 0.3) is 0 Å². The highest BCUT2D eigenvalue weighted by Gasteiger charge is 2.30. The molecule has 1 aromatic carbocycles. The molecule has 0 spiro atoms. The van der Waals surface area contributed by atoms with E-state index in [9.17, 15) is 22.8 Å². The van der Waals surface area contributed by atoms with Crippen LogP contribution >= 0.6 is 0 Å². The van der Waals surface area contributed by atoms with Gasteiger partial charge in [-0.2, -0.15) is 18.7 Å². The van der Waals surface area contributed by atoms with Gasteiger partial charge in [0.15, 0.2) is 0 Å². The Morgan fingerprint density at radius 1 is 1.22 bits per heavy atom. The van der Waals surface area contributed by atoms with Crippen LogP contribution in [0.15, 0.2) is 24.3 Å². The number of halogens is 3. The van der Waals surface area contributed by atoms with Crippen molar-refractivity contribution < 1.29 is 22.8 Å². The zero-order valence-electron chi connectivity index (χ0n) is 8.84. The van der Waals surface area contributed by atoms with E-state index in [1.807, 2.05) is 5.43 Å². The second-order valence-corrected chi connectivity index (χ2v) is 3.13. The Morgan fingerprint density at radius 3 is 2.44 bits per heavy atom. The van der Waals surface area contributed by atoms with Gasteiger partial charge in [-0.25, -0.2) is 4.79 Å². The highest BCUT2D eigenvalue weighted by molar-refractivity contribution is 6.04. The summed E-state index contributed by atoms with van der Waals surface area (Å²) in [4.78, 5) is 22.3. The zero-order valence-corrected chi connectivity index (χ0v) is 8.84. The summed E-state index contributed by atoms with van der Waals surface area (Å²) in [5, 5.41) is 1.78. The van der Waals surface area contributed by atoms with Gasteiger partial charge < -0.3 is 0 Å². The van der Waals surface area contributed by atoms with E-state index < -0.39 is 23.7 Å². The molecule has 9 heteroatoms. The predicted octanol–water partition coefficient (Wildman–Crippen LogP) is 0.523. The topological polar surface area (TPSA) is 96.2 Å². The highest BCUT2D eigenvalue weighted by Crippen LogP contribution is 2.29. The third-order valence-electron chi connectivity index (χ3n) is 1.86. The van der Waals surface area contributed by atoms with E-state index >= 15 is 0 Å². The van der Waals surface area contributed by atoms with Crippen LogP contribution in [0.4, 0.5) is 18.0 Å². The minimum absolute atomic E-state index is 0.294. The first kappa shape index (κ1) is 13.9. The number of alkyl halides is 3. The number of urea groups is 1. The number of amides is 3. The first-order valence-corrected chi connectivity index (χ1v) is 4.59. The van der Waals surface area contributed by atoms with Crippen LogP contribution in [0, 0.1) is 0 Å². The number of benzene rings is 1. The quantitative estimate of drug-likeness (QED) is 0.461. The van der Waals surface area contributed by atoms with E-state index in [1.54, 1.807) is 10.9 Å². The van der Waals surface area contributed by atoms with Crippen molar-refractivity contribution in [2.75, 3.05) is 0 Å². The Morgan fingerprint density at radius 2 is 1.89 bits per heavy atom. The standard InChI is InChI=1S/C9H9F3N4O2/c10-9(11,12)6-3-1-2-5(4-6)7(17)14-8(18)15-16-13/h1-4,16H,13H2,(H2,14,15,17,18). The number of nitrogens with two attached hydrogens (primary N) is 1. The van der Waals surface area contributed by atoms with Crippen molar-refractivity contribution >= 4 is 11.9 Å². The largest absolute Gasteiger partial charge is 0.416 e. The molecular formula is C9H9F3N4O2. The van der Waals surface area contributed by atoms with Gasteiger partial charge in [0.1, 0.15) is 0 Å².